The number of rotatable bonds is 6. The first-order chi connectivity index (χ1) is 13.2. The van der Waals surface area contributed by atoms with Crippen LogP contribution >= 0.6 is 11.3 Å². The Morgan fingerprint density at radius 2 is 2.15 bits per heavy atom. The molecule has 1 N–H and O–H groups in total. The van der Waals surface area contributed by atoms with E-state index in [0.717, 1.165) is 35.6 Å². The molecule has 1 aromatic carbocycles. The summed E-state index contributed by atoms with van der Waals surface area (Å²) in [5.74, 6) is 1.32. The summed E-state index contributed by atoms with van der Waals surface area (Å²) >= 11 is 1.49. The quantitative estimate of drug-likeness (QED) is 0.690. The molecule has 0 saturated carbocycles. The van der Waals surface area contributed by atoms with Gasteiger partial charge in [-0.3, -0.25) is 4.79 Å². The molecule has 1 aliphatic heterocycles. The lowest BCUT2D eigenvalue weighted by Gasteiger charge is -2.05. The first-order valence-electron chi connectivity index (χ1n) is 8.82. The second kappa shape index (κ2) is 7.94. The van der Waals surface area contributed by atoms with E-state index in [4.69, 9.17) is 14.0 Å². The van der Waals surface area contributed by atoms with Crippen molar-refractivity contribution < 1.29 is 18.8 Å². The third-order valence-electron chi connectivity index (χ3n) is 4.46. The summed E-state index contributed by atoms with van der Waals surface area (Å²) in [5, 5.41) is 6.92. The molecule has 0 radical (unpaired) electrons. The van der Waals surface area contributed by atoms with Gasteiger partial charge in [0.05, 0.1) is 24.6 Å². The van der Waals surface area contributed by atoms with Crippen LogP contribution in [-0.2, 0) is 11.3 Å². The summed E-state index contributed by atoms with van der Waals surface area (Å²) in [7, 11) is 1.63. The number of nitrogens with zero attached hydrogens (tertiary/aromatic N) is 1. The van der Waals surface area contributed by atoms with Crippen molar-refractivity contribution in [1.29, 1.82) is 0 Å². The van der Waals surface area contributed by atoms with E-state index in [2.05, 4.69) is 10.5 Å². The SMILES string of the molecule is COc1ccc(-c2cc(CNC(=O)c3ccc([C@H]4CCCO4)s3)no2)cc1. The summed E-state index contributed by atoms with van der Waals surface area (Å²) in [4.78, 5) is 14.2. The lowest BCUT2D eigenvalue weighted by atomic mass is 10.1. The molecule has 7 heteroatoms. The minimum absolute atomic E-state index is 0.113. The molecule has 3 aromatic rings. The third kappa shape index (κ3) is 4.04. The Bertz CT molecular complexity index is 910. The Morgan fingerprint density at radius 1 is 1.30 bits per heavy atom. The number of benzene rings is 1. The van der Waals surface area contributed by atoms with Crippen molar-refractivity contribution >= 4 is 17.2 Å². The van der Waals surface area contributed by atoms with E-state index < -0.39 is 0 Å². The molecule has 6 nitrogen and oxygen atoms in total. The maximum atomic E-state index is 12.4. The molecule has 1 fully saturated rings. The first kappa shape index (κ1) is 17.8. The van der Waals surface area contributed by atoms with Crippen molar-refractivity contribution in [2.75, 3.05) is 13.7 Å². The molecule has 0 spiro atoms. The Labute approximate surface area is 161 Å². The minimum Gasteiger partial charge on any atom is -0.497 e. The molecule has 1 amide bonds. The highest BCUT2D eigenvalue weighted by atomic mass is 32.1. The van der Waals surface area contributed by atoms with Gasteiger partial charge in [-0.1, -0.05) is 5.16 Å². The van der Waals surface area contributed by atoms with E-state index in [1.165, 1.54) is 11.3 Å². The second-order valence-electron chi connectivity index (χ2n) is 6.30. The van der Waals surface area contributed by atoms with Gasteiger partial charge in [0.2, 0.25) is 0 Å². The van der Waals surface area contributed by atoms with Gasteiger partial charge in [-0.05, 0) is 49.2 Å². The predicted octanol–water partition coefficient (Wildman–Crippen LogP) is 4.19. The van der Waals surface area contributed by atoms with E-state index in [9.17, 15) is 4.79 Å². The molecule has 0 bridgehead atoms. The predicted molar refractivity (Wildman–Crippen MR) is 102 cm³/mol. The zero-order valence-electron chi connectivity index (χ0n) is 14.9. The number of carbonyl (C=O) groups excluding carboxylic acids is 1. The van der Waals surface area contributed by atoms with E-state index in [1.54, 1.807) is 7.11 Å². The molecular weight excluding hydrogens is 364 g/mol. The van der Waals surface area contributed by atoms with E-state index in [0.29, 0.717) is 22.9 Å². The smallest absolute Gasteiger partial charge is 0.261 e. The van der Waals surface area contributed by atoms with Crippen LogP contribution in [0.1, 0.15) is 39.2 Å². The molecule has 0 aliphatic carbocycles. The lowest BCUT2D eigenvalue weighted by Crippen LogP contribution is -2.21. The van der Waals surface area contributed by atoms with Crippen molar-refractivity contribution in [2.45, 2.75) is 25.5 Å². The fourth-order valence-electron chi connectivity index (χ4n) is 2.99. The van der Waals surface area contributed by atoms with Gasteiger partial charge in [0.15, 0.2) is 5.76 Å². The molecule has 4 rings (SSSR count). The first-order valence-corrected chi connectivity index (χ1v) is 9.64. The number of methoxy groups -OCH3 is 1. The molecule has 2 aromatic heterocycles. The van der Waals surface area contributed by atoms with Crippen molar-refractivity contribution in [2.24, 2.45) is 0 Å². The van der Waals surface area contributed by atoms with E-state index in [1.807, 2.05) is 42.5 Å². The van der Waals surface area contributed by atoms with Crippen LogP contribution in [0, 0.1) is 0 Å². The van der Waals surface area contributed by atoms with Crippen molar-refractivity contribution in [1.82, 2.24) is 10.5 Å². The molecular formula is C20H20N2O4S. The average molecular weight is 384 g/mol. The molecule has 3 heterocycles. The summed E-state index contributed by atoms with van der Waals surface area (Å²) < 4.78 is 16.2. The van der Waals surface area contributed by atoms with Crippen LogP contribution in [0.2, 0.25) is 0 Å². The summed E-state index contributed by atoms with van der Waals surface area (Å²) in [6, 6.07) is 13.2. The van der Waals surface area contributed by atoms with Gasteiger partial charge < -0.3 is 19.3 Å². The number of ether oxygens (including phenoxy) is 2. The molecule has 140 valence electrons. The highest BCUT2D eigenvalue weighted by Crippen LogP contribution is 2.33. The van der Waals surface area contributed by atoms with Gasteiger partial charge in [0, 0.05) is 23.1 Å². The molecule has 1 atom stereocenters. The standard InChI is InChI=1S/C20H20N2O4S/c1-24-15-6-4-13(5-7-15)17-11-14(22-26-17)12-21-20(23)19-9-8-18(27-19)16-3-2-10-25-16/h4-9,11,16H,2-3,10,12H2,1H3,(H,21,23)/t16-/m1/s1. The largest absolute Gasteiger partial charge is 0.497 e. The van der Waals surface area contributed by atoms with Gasteiger partial charge in [-0.25, -0.2) is 0 Å². The second-order valence-corrected chi connectivity index (χ2v) is 7.41. The third-order valence-corrected chi connectivity index (χ3v) is 5.64. The highest BCUT2D eigenvalue weighted by Gasteiger charge is 2.21. The monoisotopic (exact) mass is 384 g/mol. The Balaban J connectivity index is 1.36. The van der Waals surface area contributed by atoms with Gasteiger partial charge in [0.1, 0.15) is 11.4 Å². The molecule has 0 unspecified atom stereocenters. The number of thiophene rings is 1. The van der Waals surface area contributed by atoms with Crippen LogP contribution in [-0.4, -0.2) is 24.8 Å². The summed E-state index contributed by atoms with van der Waals surface area (Å²) in [5.41, 5.74) is 1.57. The van der Waals surface area contributed by atoms with Crippen LogP contribution in [0.5, 0.6) is 5.75 Å². The summed E-state index contributed by atoms with van der Waals surface area (Å²) in [6.45, 7) is 1.11. The number of carbonyl (C=O) groups is 1. The van der Waals surface area contributed by atoms with Crippen LogP contribution in [0.15, 0.2) is 47.0 Å². The molecule has 27 heavy (non-hydrogen) atoms. The van der Waals surface area contributed by atoms with Gasteiger partial charge >= 0.3 is 0 Å². The average Bonchev–Trinajstić information content (AvgIpc) is 3.47. The van der Waals surface area contributed by atoms with Crippen LogP contribution in [0.3, 0.4) is 0 Å². The zero-order valence-corrected chi connectivity index (χ0v) is 15.8. The van der Waals surface area contributed by atoms with Crippen LogP contribution in [0.25, 0.3) is 11.3 Å². The Kier molecular flexibility index (Phi) is 5.22. The number of hydrogen-bond donors (Lipinski definition) is 1. The normalized spacial score (nSPS) is 16.4. The van der Waals surface area contributed by atoms with Gasteiger partial charge in [-0.2, -0.15) is 0 Å². The maximum absolute atomic E-state index is 12.4. The highest BCUT2D eigenvalue weighted by molar-refractivity contribution is 7.14. The number of hydrogen-bond acceptors (Lipinski definition) is 6. The fourth-order valence-corrected chi connectivity index (χ4v) is 4.00. The Hall–Kier alpha value is -2.64. The molecule has 1 saturated heterocycles. The number of amides is 1. The minimum atomic E-state index is -0.113. The van der Waals surface area contributed by atoms with Crippen molar-refractivity contribution in [3.63, 3.8) is 0 Å². The fraction of sp³-hybridized carbons (Fsp3) is 0.300. The van der Waals surface area contributed by atoms with Crippen molar-refractivity contribution in [3.8, 4) is 17.1 Å². The van der Waals surface area contributed by atoms with Gasteiger partial charge in [-0.15, -0.1) is 11.3 Å². The number of aromatic nitrogens is 1. The van der Waals surface area contributed by atoms with E-state index in [-0.39, 0.29) is 12.0 Å². The lowest BCUT2D eigenvalue weighted by molar-refractivity contribution is 0.0954. The zero-order chi connectivity index (χ0) is 18.6. The van der Waals surface area contributed by atoms with E-state index >= 15 is 0 Å². The Morgan fingerprint density at radius 3 is 2.89 bits per heavy atom. The van der Waals surface area contributed by atoms with Gasteiger partial charge in [0.25, 0.3) is 5.91 Å². The molecule has 1 aliphatic rings. The number of nitrogens with one attached hydrogen (secondary N) is 1. The van der Waals surface area contributed by atoms with Crippen LogP contribution in [0.4, 0.5) is 0 Å². The maximum Gasteiger partial charge on any atom is 0.261 e. The summed E-state index contributed by atoms with van der Waals surface area (Å²) in [6.07, 6.45) is 2.24. The topological polar surface area (TPSA) is 73.6 Å². The van der Waals surface area contributed by atoms with Crippen molar-refractivity contribution in [3.05, 3.63) is 57.9 Å². The van der Waals surface area contributed by atoms with Crippen LogP contribution < -0.4 is 10.1 Å².